The lowest BCUT2D eigenvalue weighted by molar-refractivity contribution is -0.123. The van der Waals surface area contributed by atoms with Crippen molar-refractivity contribution in [3.05, 3.63) is 65.0 Å². The maximum Gasteiger partial charge on any atom is 0.229 e. The molecular formula is C21H23N3O2. The number of fused-ring (bicyclic) bond motifs is 1. The summed E-state index contributed by atoms with van der Waals surface area (Å²) in [5, 5.41) is 7.24. The van der Waals surface area contributed by atoms with Gasteiger partial charge in [-0.1, -0.05) is 41.1 Å². The van der Waals surface area contributed by atoms with Crippen LogP contribution in [-0.2, 0) is 16.1 Å². The summed E-state index contributed by atoms with van der Waals surface area (Å²) in [5.74, 6) is -0.115. The van der Waals surface area contributed by atoms with Gasteiger partial charge in [0.05, 0.1) is 23.9 Å². The zero-order chi connectivity index (χ0) is 17.9. The number of aromatic nitrogens is 1. The number of nitrogens with zero attached hydrogens (tertiary/aromatic N) is 2. The van der Waals surface area contributed by atoms with Gasteiger partial charge in [0, 0.05) is 12.6 Å². The maximum atomic E-state index is 12.7. The molecule has 1 aromatic carbocycles. The number of amides is 1. The Labute approximate surface area is 153 Å². The normalized spacial score (nSPS) is 21.5. The van der Waals surface area contributed by atoms with Crippen molar-refractivity contribution < 1.29 is 9.63 Å². The van der Waals surface area contributed by atoms with Gasteiger partial charge in [0.1, 0.15) is 6.10 Å². The zero-order valence-corrected chi connectivity index (χ0v) is 14.9. The number of nitrogens with one attached hydrogen (secondary N) is 1. The van der Waals surface area contributed by atoms with E-state index >= 15 is 0 Å². The number of hydrogen-bond donors (Lipinski definition) is 1. The Morgan fingerprint density at radius 2 is 2.12 bits per heavy atom. The molecule has 5 nitrogen and oxygen atoms in total. The molecule has 2 atom stereocenters. The van der Waals surface area contributed by atoms with Crippen LogP contribution in [0.4, 0.5) is 0 Å². The molecule has 1 aromatic heterocycles. The first-order valence-corrected chi connectivity index (χ1v) is 9.22. The van der Waals surface area contributed by atoms with Crippen LogP contribution in [0.3, 0.4) is 0 Å². The summed E-state index contributed by atoms with van der Waals surface area (Å²) in [5.41, 5.74) is 5.36. The van der Waals surface area contributed by atoms with Crippen molar-refractivity contribution in [3.8, 4) is 0 Å². The number of aryl methyl sites for hydroxylation is 2. The summed E-state index contributed by atoms with van der Waals surface area (Å²) in [6.45, 7) is 2.53. The van der Waals surface area contributed by atoms with Crippen molar-refractivity contribution >= 4 is 11.6 Å². The van der Waals surface area contributed by atoms with Gasteiger partial charge >= 0.3 is 0 Å². The molecule has 0 radical (unpaired) electrons. The van der Waals surface area contributed by atoms with E-state index in [9.17, 15) is 4.79 Å². The molecular weight excluding hydrogens is 326 g/mol. The smallest absolute Gasteiger partial charge is 0.229 e. The largest absolute Gasteiger partial charge is 0.390 e. The van der Waals surface area contributed by atoms with E-state index in [4.69, 9.17) is 4.84 Å². The lowest BCUT2D eigenvalue weighted by Gasteiger charge is -2.23. The van der Waals surface area contributed by atoms with Crippen LogP contribution in [0.1, 0.15) is 47.6 Å². The van der Waals surface area contributed by atoms with Crippen LogP contribution in [0, 0.1) is 6.92 Å². The highest BCUT2D eigenvalue weighted by atomic mass is 16.6. The van der Waals surface area contributed by atoms with Gasteiger partial charge in [-0.05, 0) is 43.4 Å². The molecule has 0 saturated carbocycles. The van der Waals surface area contributed by atoms with E-state index in [1.165, 1.54) is 11.1 Å². The SMILES string of the molecule is Cc1ccc(C2=NO[C@@H](CNC(=O)[C@H]3CCCc4cccnc43)C2)cc1. The molecule has 0 unspecified atom stereocenters. The second kappa shape index (κ2) is 7.28. The van der Waals surface area contributed by atoms with Crippen LogP contribution in [0.25, 0.3) is 0 Å². The first-order valence-electron chi connectivity index (χ1n) is 9.22. The molecule has 26 heavy (non-hydrogen) atoms. The number of pyridine rings is 1. The lowest BCUT2D eigenvalue weighted by atomic mass is 9.86. The molecule has 0 fully saturated rings. The number of carbonyl (C=O) groups is 1. The molecule has 2 heterocycles. The molecule has 0 spiro atoms. The Balaban J connectivity index is 1.33. The van der Waals surface area contributed by atoms with E-state index in [-0.39, 0.29) is 17.9 Å². The third kappa shape index (κ3) is 3.47. The topological polar surface area (TPSA) is 63.6 Å². The minimum absolute atomic E-state index is 0.0389. The summed E-state index contributed by atoms with van der Waals surface area (Å²) < 4.78 is 0. The molecule has 2 aromatic rings. The van der Waals surface area contributed by atoms with Gasteiger partial charge in [0.25, 0.3) is 0 Å². The number of carbonyl (C=O) groups excluding carboxylic acids is 1. The van der Waals surface area contributed by atoms with Crippen LogP contribution >= 0.6 is 0 Å². The van der Waals surface area contributed by atoms with Crippen molar-refractivity contribution in [2.24, 2.45) is 5.16 Å². The third-order valence-electron chi connectivity index (χ3n) is 5.13. The fraction of sp³-hybridized carbons (Fsp3) is 0.381. The highest BCUT2D eigenvalue weighted by molar-refractivity contribution is 6.01. The van der Waals surface area contributed by atoms with Gasteiger partial charge < -0.3 is 10.2 Å². The van der Waals surface area contributed by atoms with E-state index in [2.05, 4.69) is 52.7 Å². The molecule has 0 saturated heterocycles. The molecule has 1 aliphatic carbocycles. The summed E-state index contributed by atoms with van der Waals surface area (Å²) in [4.78, 5) is 22.6. The molecule has 2 aliphatic rings. The second-order valence-corrected chi connectivity index (χ2v) is 7.07. The predicted molar refractivity (Wildman–Crippen MR) is 100 cm³/mol. The summed E-state index contributed by atoms with van der Waals surface area (Å²) in [6, 6.07) is 12.3. The summed E-state index contributed by atoms with van der Waals surface area (Å²) >= 11 is 0. The van der Waals surface area contributed by atoms with Crippen molar-refractivity contribution in [3.63, 3.8) is 0 Å². The summed E-state index contributed by atoms with van der Waals surface area (Å²) in [6.07, 6.45) is 5.26. The van der Waals surface area contributed by atoms with Crippen LogP contribution in [0.15, 0.2) is 47.8 Å². The van der Waals surface area contributed by atoms with Gasteiger partial charge in [0.15, 0.2) is 0 Å². The van der Waals surface area contributed by atoms with Crippen LogP contribution in [0.2, 0.25) is 0 Å². The van der Waals surface area contributed by atoms with Gasteiger partial charge in [0.2, 0.25) is 5.91 Å². The van der Waals surface area contributed by atoms with Gasteiger partial charge in [-0.2, -0.15) is 0 Å². The molecule has 0 bridgehead atoms. The highest BCUT2D eigenvalue weighted by Gasteiger charge is 2.29. The van der Waals surface area contributed by atoms with Gasteiger partial charge in [-0.25, -0.2) is 0 Å². The Morgan fingerprint density at radius 1 is 1.27 bits per heavy atom. The zero-order valence-electron chi connectivity index (χ0n) is 14.9. The fourth-order valence-corrected chi connectivity index (χ4v) is 3.66. The average Bonchev–Trinajstić information content (AvgIpc) is 3.15. The van der Waals surface area contributed by atoms with Gasteiger partial charge in [-0.15, -0.1) is 0 Å². The standard InChI is InChI=1S/C21H23N3O2/c1-14-7-9-15(10-8-14)19-12-17(26-24-19)13-23-21(25)18-6-2-4-16-5-3-11-22-20(16)18/h3,5,7-11,17-18H,2,4,6,12-13H2,1H3,(H,23,25)/t17-,18+/m1/s1. The lowest BCUT2D eigenvalue weighted by Crippen LogP contribution is -2.37. The monoisotopic (exact) mass is 349 g/mol. The van der Waals surface area contributed by atoms with Crippen LogP contribution < -0.4 is 5.32 Å². The van der Waals surface area contributed by atoms with Crippen molar-refractivity contribution in [2.45, 2.75) is 44.6 Å². The fourth-order valence-electron chi connectivity index (χ4n) is 3.66. The average molecular weight is 349 g/mol. The number of rotatable bonds is 4. The minimum atomic E-state index is -0.154. The van der Waals surface area contributed by atoms with E-state index in [0.29, 0.717) is 13.0 Å². The van der Waals surface area contributed by atoms with Crippen LogP contribution in [0.5, 0.6) is 0 Å². The third-order valence-corrected chi connectivity index (χ3v) is 5.13. The van der Waals surface area contributed by atoms with Crippen molar-refractivity contribution in [1.29, 1.82) is 0 Å². The first-order chi connectivity index (χ1) is 12.7. The van der Waals surface area contributed by atoms with E-state index < -0.39 is 0 Å². The summed E-state index contributed by atoms with van der Waals surface area (Å²) in [7, 11) is 0. The molecule has 1 aliphatic heterocycles. The predicted octanol–water partition coefficient (Wildman–Crippen LogP) is 3.12. The van der Waals surface area contributed by atoms with E-state index in [0.717, 1.165) is 36.2 Å². The minimum Gasteiger partial charge on any atom is -0.390 e. The van der Waals surface area contributed by atoms with Crippen molar-refractivity contribution in [1.82, 2.24) is 10.3 Å². The molecule has 4 rings (SSSR count). The van der Waals surface area contributed by atoms with Gasteiger partial charge in [-0.3, -0.25) is 9.78 Å². The Hall–Kier alpha value is -2.69. The first kappa shape index (κ1) is 16.8. The molecule has 1 amide bonds. The number of hydrogen-bond acceptors (Lipinski definition) is 4. The van der Waals surface area contributed by atoms with Crippen LogP contribution in [-0.4, -0.2) is 29.3 Å². The number of oxime groups is 1. The maximum absolute atomic E-state index is 12.7. The quantitative estimate of drug-likeness (QED) is 0.922. The highest BCUT2D eigenvalue weighted by Crippen LogP contribution is 2.30. The van der Waals surface area contributed by atoms with Crippen molar-refractivity contribution in [2.75, 3.05) is 6.54 Å². The Kier molecular flexibility index (Phi) is 4.69. The molecule has 1 N–H and O–H groups in total. The second-order valence-electron chi connectivity index (χ2n) is 7.07. The Morgan fingerprint density at radius 3 is 2.96 bits per heavy atom. The number of benzene rings is 1. The van der Waals surface area contributed by atoms with E-state index in [1.807, 2.05) is 6.07 Å². The van der Waals surface area contributed by atoms with E-state index in [1.54, 1.807) is 6.20 Å². The molecule has 134 valence electrons. The molecule has 5 heteroatoms. The Bertz CT molecular complexity index is 829.